The third-order valence-electron chi connectivity index (χ3n) is 4.68. The first-order chi connectivity index (χ1) is 15.4. The molecular weight excluding hydrogens is 447 g/mol. The molecule has 0 aliphatic carbocycles. The fourth-order valence-corrected chi connectivity index (χ4v) is 3.35. The molecule has 3 rings (SSSR count). The summed E-state index contributed by atoms with van der Waals surface area (Å²) in [5.74, 6) is 0.498. The smallest absolute Gasteiger partial charge is 0.266 e. The van der Waals surface area contributed by atoms with E-state index in [1.807, 2.05) is 31.2 Å². The van der Waals surface area contributed by atoms with Crippen molar-refractivity contribution in [2.24, 2.45) is 0 Å². The minimum atomic E-state index is -0.510. The van der Waals surface area contributed by atoms with Crippen molar-refractivity contribution < 1.29 is 14.3 Å². The molecule has 162 valence electrons. The summed E-state index contributed by atoms with van der Waals surface area (Å²) in [4.78, 5) is 12.7. The summed E-state index contributed by atoms with van der Waals surface area (Å²) in [6.45, 7) is 2.05. The van der Waals surface area contributed by atoms with Gasteiger partial charge in [-0.05, 0) is 48.9 Å². The zero-order valence-electron chi connectivity index (χ0n) is 17.5. The van der Waals surface area contributed by atoms with E-state index in [4.69, 9.17) is 32.7 Å². The lowest BCUT2D eigenvalue weighted by Gasteiger charge is -2.13. The molecule has 0 atom stereocenters. The van der Waals surface area contributed by atoms with Crippen molar-refractivity contribution in [1.82, 2.24) is 0 Å². The number of nitriles is 1. The van der Waals surface area contributed by atoms with Gasteiger partial charge in [0.2, 0.25) is 0 Å². The predicted molar refractivity (Wildman–Crippen MR) is 127 cm³/mol. The molecule has 0 heterocycles. The second kappa shape index (κ2) is 10.7. The normalized spacial score (nSPS) is 10.9. The Bertz CT molecular complexity index is 1220. The number of hydrogen-bond donors (Lipinski definition) is 1. The molecule has 0 radical (unpaired) electrons. The summed E-state index contributed by atoms with van der Waals surface area (Å²) in [6, 6.07) is 19.6. The molecule has 7 heteroatoms. The van der Waals surface area contributed by atoms with Crippen LogP contribution in [0.5, 0.6) is 11.5 Å². The highest BCUT2D eigenvalue weighted by Gasteiger charge is 2.13. The number of ether oxygens (including phenoxy) is 2. The molecule has 3 aromatic carbocycles. The Morgan fingerprint density at radius 2 is 1.91 bits per heavy atom. The highest BCUT2D eigenvalue weighted by molar-refractivity contribution is 6.35. The van der Waals surface area contributed by atoms with Crippen molar-refractivity contribution in [1.29, 1.82) is 5.26 Å². The molecule has 0 saturated carbocycles. The van der Waals surface area contributed by atoms with Crippen LogP contribution >= 0.6 is 23.2 Å². The maximum Gasteiger partial charge on any atom is 0.266 e. The number of halogens is 2. The molecule has 0 unspecified atom stereocenters. The minimum Gasteiger partial charge on any atom is -0.497 e. The van der Waals surface area contributed by atoms with E-state index >= 15 is 0 Å². The first kappa shape index (κ1) is 23.2. The molecule has 0 spiro atoms. The highest BCUT2D eigenvalue weighted by atomic mass is 35.5. The van der Waals surface area contributed by atoms with Crippen LogP contribution in [0, 0.1) is 18.3 Å². The Labute approximate surface area is 196 Å². The van der Waals surface area contributed by atoms with Crippen LogP contribution in [0.1, 0.15) is 16.7 Å². The first-order valence-corrected chi connectivity index (χ1v) is 10.4. The number of para-hydroxylation sites is 1. The zero-order chi connectivity index (χ0) is 23.1. The topological polar surface area (TPSA) is 71.3 Å². The molecular formula is C25H20Cl2N2O3. The second-order valence-electron chi connectivity index (χ2n) is 6.87. The third kappa shape index (κ3) is 5.82. The Hall–Kier alpha value is -3.46. The van der Waals surface area contributed by atoms with Crippen LogP contribution in [-0.2, 0) is 11.4 Å². The van der Waals surface area contributed by atoms with Crippen molar-refractivity contribution in [3.8, 4) is 17.6 Å². The van der Waals surface area contributed by atoms with Crippen molar-refractivity contribution >= 4 is 40.9 Å². The van der Waals surface area contributed by atoms with E-state index in [1.165, 1.54) is 6.08 Å². The monoisotopic (exact) mass is 466 g/mol. The first-order valence-electron chi connectivity index (χ1n) is 9.65. The Balaban J connectivity index is 1.88. The van der Waals surface area contributed by atoms with Gasteiger partial charge in [0.1, 0.15) is 29.7 Å². The number of rotatable bonds is 7. The molecule has 1 N–H and O–H groups in total. The van der Waals surface area contributed by atoms with E-state index in [-0.39, 0.29) is 12.2 Å². The minimum absolute atomic E-state index is 0.0622. The maximum absolute atomic E-state index is 12.7. The number of nitrogens with one attached hydrogen (secondary N) is 1. The largest absolute Gasteiger partial charge is 0.497 e. The molecule has 32 heavy (non-hydrogen) atoms. The van der Waals surface area contributed by atoms with E-state index in [0.29, 0.717) is 32.8 Å². The second-order valence-corrected chi connectivity index (χ2v) is 7.71. The SMILES string of the molecule is COc1ccc(/C=C(\C#N)C(=O)Nc2ccccc2C)c(OCc2ccc(Cl)cc2Cl)c1. The Morgan fingerprint density at radius 1 is 1.12 bits per heavy atom. The van der Waals surface area contributed by atoms with Crippen LogP contribution < -0.4 is 14.8 Å². The number of nitrogens with zero attached hydrogens (tertiary/aromatic N) is 1. The molecule has 0 fully saturated rings. The predicted octanol–water partition coefficient (Wildman–Crippen LogP) is 6.44. The molecule has 3 aromatic rings. The molecule has 0 saturated heterocycles. The van der Waals surface area contributed by atoms with Gasteiger partial charge in [-0.25, -0.2) is 0 Å². The van der Waals surface area contributed by atoms with E-state index in [9.17, 15) is 10.1 Å². The molecule has 0 aliphatic heterocycles. The quantitative estimate of drug-likeness (QED) is 0.321. The van der Waals surface area contributed by atoms with Crippen LogP contribution in [0.4, 0.5) is 5.69 Å². The number of carbonyl (C=O) groups is 1. The van der Waals surface area contributed by atoms with Gasteiger partial charge in [-0.1, -0.05) is 47.5 Å². The molecule has 5 nitrogen and oxygen atoms in total. The van der Waals surface area contributed by atoms with Crippen LogP contribution in [-0.4, -0.2) is 13.0 Å². The van der Waals surface area contributed by atoms with E-state index in [1.54, 1.807) is 49.6 Å². The number of amides is 1. The van der Waals surface area contributed by atoms with Gasteiger partial charge in [-0.15, -0.1) is 0 Å². The number of anilines is 1. The summed E-state index contributed by atoms with van der Waals surface area (Å²) < 4.78 is 11.2. The lowest BCUT2D eigenvalue weighted by atomic mass is 10.1. The highest BCUT2D eigenvalue weighted by Crippen LogP contribution is 2.29. The fourth-order valence-electron chi connectivity index (χ4n) is 2.89. The van der Waals surface area contributed by atoms with Gasteiger partial charge in [0.15, 0.2) is 0 Å². The van der Waals surface area contributed by atoms with Crippen molar-refractivity contribution in [2.75, 3.05) is 12.4 Å². The number of aryl methyl sites for hydroxylation is 1. The van der Waals surface area contributed by atoms with Crippen LogP contribution in [0.25, 0.3) is 6.08 Å². The van der Waals surface area contributed by atoms with Gasteiger partial charge < -0.3 is 14.8 Å². The third-order valence-corrected chi connectivity index (χ3v) is 5.26. The fraction of sp³-hybridized carbons (Fsp3) is 0.120. The lowest BCUT2D eigenvalue weighted by molar-refractivity contribution is -0.112. The average molecular weight is 467 g/mol. The Kier molecular flexibility index (Phi) is 7.77. The lowest BCUT2D eigenvalue weighted by Crippen LogP contribution is -2.14. The number of carbonyl (C=O) groups excluding carboxylic acids is 1. The summed E-state index contributed by atoms with van der Waals surface area (Å²) >= 11 is 12.2. The van der Waals surface area contributed by atoms with Crippen LogP contribution in [0.2, 0.25) is 10.0 Å². The maximum atomic E-state index is 12.7. The summed E-state index contributed by atoms with van der Waals surface area (Å²) in [5.41, 5.74) is 2.76. The molecule has 0 aliphatic rings. The van der Waals surface area contributed by atoms with E-state index in [0.717, 1.165) is 11.1 Å². The zero-order valence-corrected chi connectivity index (χ0v) is 19.0. The van der Waals surface area contributed by atoms with Crippen molar-refractivity contribution in [3.63, 3.8) is 0 Å². The van der Waals surface area contributed by atoms with Gasteiger partial charge in [0, 0.05) is 32.9 Å². The Morgan fingerprint density at radius 3 is 2.59 bits per heavy atom. The van der Waals surface area contributed by atoms with Gasteiger partial charge in [-0.3, -0.25) is 4.79 Å². The number of benzene rings is 3. The molecule has 0 bridgehead atoms. The van der Waals surface area contributed by atoms with Crippen molar-refractivity contribution in [2.45, 2.75) is 13.5 Å². The number of methoxy groups -OCH3 is 1. The van der Waals surface area contributed by atoms with Gasteiger partial charge in [0.25, 0.3) is 5.91 Å². The van der Waals surface area contributed by atoms with Crippen molar-refractivity contribution in [3.05, 3.63) is 93.0 Å². The van der Waals surface area contributed by atoms with E-state index < -0.39 is 5.91 Å². The summed E-state index contributed by atoms with van der Waals surface area (Å²) in [6.07, 6.45) is 1.48. The van der Waals surface area contributed by atoms with Crippen LogP contribution in [0.3, 0.4) is 0 Å². The van der Waals surface area contributed by atoms with Gasteiger partial charge in [-0.2, -0.15) is 5.26 Å². The molecule has 0 aromatic heterocycles. The van der Waals surface area contributed by atoms with Gasteiger partial charge in [0.05, 0.1) is 7.11 Å². The standard InChI is InChI=1S/C25H20Cl2N2O3/c1-16-5-3-4-6-23(16)29-25(30)19(14-28)11-17-8-10-21(31-2)13-24(17)32-15-18-7-9-20(26)12-22(18)27/h3-13H,15H2,1-2H3,(H,29,30)/b19-11+. The average Bonchev–Trinajstić information content (AvgIpc) is 2.78. The molecule has 1 amide bonds. The number of hydrogen-bond acceptors (Lipinski definition) is 4. The van der Waals surface area contributed by atoms with Crippen LogP contribution in [0.15, 0.2) is 66.2 Å². The van der Waals surface area contributed by atoms with E-state index in [2.05, 4.69) is 5.32 Å². The summed E-state index contributed by atoms with van der Waals surface area (Å²) in [7, 11) is 1.54. The summed E-state index contributed by atoms with van der Waals surface area (Å²) in [5, 5.41) is 13.4. The van der Waals surface area contributed by atoms with Gasteiger partial charge >= 0.3 is 0 Å².